The van der Waals surface area contributed by atoms with Crippen molar-refractivity contribution in [3.05, 3.63) is 65.1 Å². The monoisotopic (exact) mass is 275 g/mol. The molecule has 2 aromatic carbocycles. The van der Waals surface area contributed by atoms with Crippen LogP contribution in [0, 0.1) is 5.82 Å². The molecule has 4 heteroatoms. The quantitative estimate of drug-likeness (QED) is 0.746. The highest BCUT2D eigenvalue weighted by atomic mass is 35.5. The van der Waals surface area contributed by atoms with Gasteiger partial charge in [0.2, 0.25) is 0 Å². The van der Waals surface area contributed by atoms with E-state index in [0.29, 0.717) is 16.3 Å². The standard InChI is InChI=1S/C15H11ClFNO/c16-12-2-1-11(14(17)8-12)9-19-13-3-4-15-10(7-13)5-6-18-15/h1-8,18H,9H2. The summed E-state index contributed by atoms with van der Waals surface area (Å²) >= 11 is 5.70. The Kier molecular flexibility index (Phi) is 3.13. The third-order valence-electron chi connectivity index (χ3n) is 2.93. The minimum atomic E-state index is -0.352. The Bertz CT molecular complexity index is 723. The average molecular weight is 276 g/mol. The molecule has 0 aliphatic carbocycles. The molecule has 0 amide bonds. The van der Waals surface area contributed by atoms with Crippen LogP contribution >= 0.6 is 11.6 Å². The first-order valence-electron chi connectivity index (χ1n) is 5.86. The van der Waals surface area contributed by atoms with Gasteiger partial charge in [-0.2, -0.15) is 0 Å². The Morgan fingerprint density at radius 2 is 2.00 bits per heavy atom. The number of aromatic nitrogens is 1. The zero-order valence-electron chi connectivity index (χ0n) is 9.99. The van der Waals surface area contributed by atoms with Crippen LogP contribution in [0.15, 0.2) is 48.7 Å². The highest BCUT2D eigenvalue weighted by Crippen LogP contribution is 2.21. The number of hydrogen-bond acceptors (Lipinski definition) is 1. The van der Waals surface area contributed by atoms with Crippen LogP contribution in [0.4, 0.5) is 4.39 Å². The summed E-state index contributed by atoms with van der Waals surface area (Å²) in [6.45, 7) is 0.179. The molecule has 1 heterocycles. The Morgan fingerprint density at radius 3 is 2.84 bits per heavy atom. The van der Waals surface area contributed by atoms with E-state index in [9.17, 15) is 4.39 Å². The van der Waals surface area contributed by atoms with Crippen LogP contribution < -0.4 is 4.74 Å². The molecule has 1 N–H and O–H groups in total. The molecule has 0 aliphatic rings. The molecule has 0 saturated carbocycles. The van der Waals surface area contributed by atoms with Gasteiger partial charge >= 0.3 is 0 Å². The van der Waals surface area contributed by atoms with Crippen molar-refractivity contribution >= 4 is 22.5 Å². The number of rotatable bonds is 3. The van der Waals surface area contributed by atoms with Gasteiger partial charge in [-0.1, -0.05) is 17.7 Å². The molecule has 0 radical (unpaired) electrons. The van der Waals surface area contributed by atoms with Crippen molar-refractivity contribution in [3.63, 3.8) is 0 Å². The number of benzene rings is 2. The molecule has 0 aliphatic heterocycles. The molecule has 0 fully saturated rings. The van der Waals surface area contributed by atoms with E-state index in [1.54, 1.807) is 12.1 Å². The van der Waals surface area contributed by atoms with E-state index in [0.717, 1.165) is 10.9 Å². The second-order valence-electron chi connectivity index (χ2n) is 4.25. The zero-order valence-corrected chi connectivity index (χ0v) is 10.7. The highest BCUT2D eigenvalue weighted by Gasteiger charge is 2.04. The first-order valence-corrected chi connectivity index (χ1v) is 6.24. The van der Waals surface area contributed by atoms with E-state index >= 15 is 0 Å². The fourth-order valence-electron chi connectivity index (χ4n) is 1.92. The van der Waals surface area contributed by atoms with Gasteiger partial charge in [-0.05, 0) is 36.4 Å². The highest BCUT2D eigenvalue weighted by molar-refractivity contribution is 6.30. The summed E-state index contributed by atoms with van der Waals surface area (Å²) in [6, 6.07) is 12.2. The number of ether oxygens (including phenoxy) is 1. The largest absolute Gasteiger partial charge is 0.489 e. The Morgan fingerprint density at radius 1 is 1.11 bits per heavy atom. The van der Waals surface area contributed by atoms with Crippen molar-refractivity contribution in [2.75, 3.05) is 0 Å². The fourth-order valence-corrected chi connectivity index (χ4v) is 2.08. The average Bonchev–Trinajstić information content (AvgIpc) is 2.85. The molecule has 2 nitrogen and oxygen atoms in total. The fraction of sp³-hybridized carbons (Fsp3) is 0.0667. The molecule has 3 rings (SSSR count). The SMILES string of the molecule is Fc1cc(Cl)ccc1COc1ccc2[nH]ccc2c1. The van der Waals surface area contributed by atoms with Crippen molar-refractivity contribution < 1.29 is 9.13 Å². The van der Waals surface area contributed by atoms with Crippen molar-refractivity contribution in [2.24, 2.45) is 0 Å². The summed E-state index contributed by atoms with van der Waals surface area (Å²) in [5.74, 6) is 0.358. The van der Waals surface area contributed by atoms with Crippen LogP contribution in [-0.2, 0) is 6.61 Å². The van der Waals surface area contributed by atoms with Crippen molar-refractivity contribution in [1.82, 2.24) is 4.98 Å². The van der Waals surface area contributed by atoms with E-state index in [4.69, 9.17) is 16.3 Å². The van der Waals surface area contributed by atoms with E-state index in [-0.39, 0.29) is 12.4 Å². The third-order valence-corrected chi connectivity index (χ3v) is 3.17. The first-order chi connectivity index (χ1) is 9.22. The van der Waals surface area contributed by atoms with Crippen molar-refractivity contribution in [2.45, 2.75) is 6.61 Å². The molecule has 0 saturated heterocycles. The van der Waals surface area contributed by atoms with Crippen LogP contribution in [0.5, 0.6) is 5.75 Å². The molecule has 0 spiro atoms. The van der Waals surface area contributed by atoms with Crippen LogP contribution in [0.25, 0.3) is 10.9 Å². The lowest BCUT2D eigenvalue weighted by Gasteiger charge is -2.07. The van der Waals surface area contributed by atoms with Gasteiger partial charge in [0.15, 0.2) is 0 Å². The maximum Gasteiger partial charge on any atom is 0.131 e. The predicted octanol–water partition coefficient (Wildman–Crippen LogP) is 4.54. The summed E-state index contributed by atoms with van der Waals surface area (Å²) in [5, 5.41) is 1.45. The number of nitrogens with one attached hydrogen (secondary N) is 1. The maximum absolute atomic E-state index is 13.6. The molecule has 1 aromatic heterocycles. The van der Waals surface area contributed by atoms with Gasteiger partial charge < -0.3 is 9.72 Å². The number of hydrogen-bond donors (Lipinski definition) is 1. The van der Waals surface area contributed by atoms with E-state index in [1.807, 2.05) is 30.5 Å². The summed E-state index contributed by atoms with van der Waals surface area (Å²) in [7, 11) is 0. The van der Waals surface area contributed by atoms with Crippen LogP contribution in [0.2, 0.25) is 5.02 Å². The normalized spacial score (nSPS) is 10.8. The van der Waals surface area contributed by atoms with Gasteiger partial charge in [0.25, 0.3) is 0 Å². The molecule has 3 aromatic rings. The summed E-state index contributed by atoms with van der Waals surface area (Å²) in [5.41, 5.74) is 1.53. The minimum absolute atomic E-state index is 0.179. The van der Waals surface area contributed by atoms with Gasteiger partial charge in [0.1, 0.15) is 18.2 Å². The first kappa shape index (κ1) is 12.1. The lowest BCUT2D eigenvalue weighted by Crippen LogP contribution is -1.98. The predicted molar refractivity (Wildman–Crippen MR) is 74.0 cm³/mol. The van der Waals surface area contributed by atoms with Gasteiger partial charge in [-0.3, -0.25) is 0 Å². The number of halogens is 2. The topological polar surface area (TPSA) is 25.0 Å². The van der Waals surface area contributed by atoms with Crippen molar-refractivity contribution in [1.29, 1.82) is 0 Å². The van der Waals surface area contributed by atoms with Crippen molar-refractivity contribution in [3.8, 4) is 5.75 Å². The van der Waals surface area contributed by atoms with E-state index < -0.39 is 0 Å². The molecular weight excluding hydrogens is 265 g/mol. The number of aromatic amines is 1. The van der Waals surface area contributed by atoms with Crippen LogP contribution in [0.3, 0.4) is 0 Å². The van der Waals surface area contributed by atoms with Crippen LogP contribution in [0.1, 0.15) is 5.56 Å². The molecule has 0 bridgehead atoms. The van der Waals surface area contributed by atoms with Gasteiger partial charge in [0, 0.05) is 27.7 Å². The Hall–Kier alpha value is -2.00. The number of fused-ring (bicyclic) bond motifs is 1. The lowest BCUT2D eigenvalue weighted by atomic mass is 10.2. The van der Waals surface area contributed by atoms with E-state index in [1.165, 1.54) is 6.07 Å². The lowest BCUT2D eigenvalue weighted by molar-refractivity contribution is 0.300. The second-order valence-corrected chi connectivity index (χ2v) is 4.69. The molecule has 96 valence electrons. The molecular formula is C15H11ClFNO. The number of H-pyrrole nitrogens is 1. The summed E-state index contributed by atoms with van der Waals surface area (Å²) in [6.07, 6.45) is 1.87. The summed E-state index contributed by atoms with van der Waals surface area (Å²) in [4.78, 5) is 3.11. The molecule has 0 atom stereocenters. The maximum atomic E-state index is 13.6. The Balaban J connectivity index is 1.77. The Labute approximate surface area is 114 Å². The van der Waals surface area contributed by atoms with Gasteiger partial charge in [0.05, 0.1) is 0 Å². The molecule has 19 heavy (non-hydrogen) atoms. The second kappa shape index (κ2) is 4.94. The minimum Gasteiger partial charge on any atom is -0.489 e. The van der Waals surface area contributed by atoms with Crippen LogP contribution in [-0.4, -0.2) is 4.98 Å². The smallest absolute Gasteiger partial charge is 0.131 e. The summed E-state index contributed by atoms with van der Waals surface area (Å²) < 4.78 is 19.2. The van der Waals surface area contributed by atoms with Gasteiger partial charge in [-0.15, -0.1) is 0 Å². The molecule has 0 unspecified atom stereocenters. The zero-order chi connectivity index (χ0) is 13.2. The van der Waals surface area contributed by atoms with Gasteiger partial charge in [-0.25, -0.2) is 4.39 Å². The third kappa shape index (κ3) is 2.56. The van der Waals surface area contributed by atoms with E-state index in [2.05, 4.69) is 4.98 Å².